The van der Waals surface area contributed by atoms with Crippen molar-refractivity contribution in [2.75, 3.05) is 41.2 Å². The topological polar surface area (TPSA) is 96.5 Å². The third-order valence-corrected chi connectivity index (χ3v) is 10.8. The quantitative estimate of drug-likeness (QED) is 0.0286. The van der Waals surface area contributed by atoms with Crippen LogP contribution in [0.1, 0.15) is 148 Å². The van der Waals surface area contributed by atoms with E-state index < -0.39 is 23.8 Å². The molecule has 0 spiro atoms. The molecule has 9 nitrogen and oxygen atoms in total. The number of para-hydroxylation sites is 2. The molecule has 0 atom stereocenters. The van der Waals surface area contributed by atoms with Gasteiger partial charge in [-0.05, 0) is 60.9 Å². The molecule has 0 bridgehead atoms. The normalized spacial score (nSPS) is 12.6. The number of hydrogen-bond acceptors (Lipinski definition) is 7. The summed E-state index contributed by atoms with van der Waals surface area (Å²) < 4.78 is 11.2. The number of amides is 2. The third-order valence-electron chi connectivity index (χ3n) is 10.8. The fourth-order valence-corrected chi connectivity index (χ4v) is 7.37. The van der Waals surface area contributed by atoms with Gasteiger partial charge >= 0.3 is 11.9 Å². The van der Waals surface area contributed by atoms with E-state index in [0.717, 1.165) is 38.5 Å². The minimum atomic E-state index is -0.439. The Labute approximate surface area is 354 Å². The average Bonchev–Trinajstić information content (AvgIpc) is 3.50. The molecule has 0 N–H and O–H groups in total. The molecule has 0 aliphatic carbocycles. The van der Waals surface area contributed by atoms with E-state index >= 15 is 0 Å². The number of nitrogens with zero attached hydrogens (tertiary/aromatic N) is 3. The summed E-state index contributed by atoms with van der Waals surface area (Å²) in [6.45, 7) is 4.95. The molecule has 9 heteroatoms. The fourth-order valence-electron chi connectivity index (χ4n) is 7.37. The molecule has 0 unspecified atom stereocenters. The van der Waals surface area contributed by atoms with Crippen LogP contribution < -0.4 is 14.9 Å². The minimum absolute atomic E-state index is 0.0217. The first-order chi connectivity index (χ1) is 28.9. The summed E-state index contributed by atoms with van der Waals surface area (Å²) in [5, 5.41) is 2.78. The minimum Gasteiger partial charge on any atom is -0.464 e. The predicted octanol–water partition coefficient (Wildman–Crippen LogP) is 11.8. The van der Waals surface area contributed by atoms with Crippen LogP contribution >= 0.6 is 0 Å². The van der Waals surface area contributed by atoms with Gasteiger partial charge in [0.1, 0.15) is 18.7 Å². The van der Waals surface area contributed by atoms with E-state index in [0.29, 0.717) is 35.8 Å². The van der Waals surface area contributed by atoms with E-state index in [1.165, 1.54) is 99.9 Å². The summed E-state index contributed by atoms with van der Waals surface area (Å²) in [6.07, 6.45) is 25.5. The number of ether oxygens (including phenoxy) is 2. The molecule has 1 heterocycles. The van der Waals surface area contributed by atoms with Crippen LogP contribution in [-0.2, 0) is 28.7 Å². The van der Waals surface area contributed by atoms with Gasteiger partial charge in [0.2, 0.25) is 0 Å². The maximum atomic E-state index is 13.8. The van der Waals surface area contributed by atoms with Crippen molar-refractivity contribution in [3.05, 3.63) is 96.1 Å². The number of carbonyl (C=O) groups is 4. The molecule has 59 heavy (non-hydrogen) atoms. The number of esters is 2. The molecule has 0 aromatic heterocycles. The first-order valence-electron chi connectivity index (χ1n) is 22.6. The first-order valence-corrected chi connectivity index (χ1v) is 22.6. The molecule has 1 fully saturated rings. The standard InChI is InChI=1S/C50H69N3O6/c1-3-5-7-9-11-13-15-17-19-27-37-58-47(54)40-51(41-48(55)59-38-28-20-18-16-14-12-10-8-6-4-2)43-35-33-42(34-36-43)39-46-49(56)52(44-29-23-21-24-30-44)53(50(46)57)45-31-25-22-26-32-45/h21-26,29-36,39H,3-20,27-28,37-38,40-41H2,1-2H3. The molecule has 1 saturated heterocycles. The first kappa shape index (κ1) is 46.8. The van der Waals surface area contributed by atoms with Crippen LogP contribution in [0.5, 0.6) is 0 Å². The molecule has 1 aliphatic heterocycles. The Bertz CT molecular complexity index is 1600. The van der Waals surface area contributed by atoms with Gasteiger partial charge in [0.25, 0.3) is 11.8 Å². The maximum Gasteiger partial charge on any atom is 0.325 e. The van der Waals surface area contributed by atoms with E-state index in [9.17, 15) is 19.2 Å². The van der Waals surface area contributed by atoms with E-state index in [2.05, 4.69) is 13.8 Å². The molecule has 3 aromatic rings. The van der Waals surface area contributed by atoms with E-state index in [1.807, 2.05) is 36.4 Å². The Morgan fingerprint density at radius 3 is 1.22 bits per heavy atom. The largest absolute Gasteiger partial charge is 0.464 e. The van der Waals surface area contributed by atoms with Gasteiger partial charge in [-0.1, -0.05) is 178 Å². The van der Waals surface area contributed by atoms with Gasteiger partial charge in [-0.3, -0.25) is 19.2 Å². The van der Waals surface area contributed by atoms with Crippen LogP contribution in [0.3, 0.4) is 0 Å². The second-order valence-corrected chi connectivity index (χ2v) is 15.7. The molecular weight excluding hydrogens is 739 g/mol. The Balaban J connectivity index is 1.35. The lowest BCUT2D eigenvalue weighted by molar-refractivity contribution is -0.143. The monoisotopic (exact) mass is 808 g/mol. The van der Waals surface area contributed by atoms with Crippen molar-refractivity contribution >= 4 is 46.9 Å². The van der Waals surface area contributed by atoms with Crippen LogP contribution in [0.25, 0.3) is 6.08 Å². The highest BCUT2D eigenvalue weighted by Crippen LogP contribution is 2.32. The zero-order chi connectivity index (χ0) is 41.9. The van der Waals surface area contributed by atoms with Crippen molar-refractivity contribution in [2.24, 2.45) is 0 Å². The SMILES string of the molecule is CCCCCCCCCCCCOC(=O)CN(CC(=O)OCCCCCCCCCCCC)c1ccc(C=C2C(=O)N(c3ccccc3)N(c3ccccc3)C2=O)cc1. The second kappa shape index (κ2) is 27.7. The Morgan fingerprint density at radius 2 is 0.847 bits per heavy atom. The van der Waals surface area contributed by atoms with Crippen LogP contribution in [0.4, 0.5) is 17.1 Å². The van der Waals surface area contributed by atoms with Gasteiger partial charge in [-0.25, -0.2) is 10.0 Å². The van der Waals surface area contributed by atoms with Crippen molar-refractivity contribution in [3.63, 3.8) is 0 Å². The number of unbranched alkanes of at least 4 members (excludes halogenated alkanes) is 18. The lowest BCUT2D eigenvalue weighted by atomic mass is 10.1. The third kappa shape index (κ3) is 16.7. The van der Waals surface area contributed by atoms with E-state index in [4.69, 9.17) is 9.47 Å². The van der Waals surface area contributed by atoms with Crippen molar-refractivity contribution in [1.29, 1.82) is 0 Å². The molecule has 320 valence electrons. The number of benzene rings is 3. The Kier molecular flexibility index (Phi) is 22.0. The number of hydrazine groups is 1. The fraction of sp³-hybridized carbons (Fsp3) is 0.520. The van der Waals surface area contributed by atoms with E-state index in [-0.39, 0.29) is 18.7 Å². The van der Waals surface area contributed by atoms with Crippen molar-refractivity contribution in [3.8, 4) is 0 Å². The summed E-state index contributed by atoms with van der Waals surface area (Å²) in [5.74, 6) is -1.69. The van der Waals surface area contributed by atoms with Crippen LogP contribution in [0.15, 0.2) is 90.5 Å². The summed E-state index contributed by atoms with van der Waals surface area (Å²) in [7, 11) is 0. The van der Waals surface area contributed by atoms with Crippen molar-refractivity contribution in [1.82, 2.24) is 0 Å². The highest BCUT2D eigenvalue weighted by molar-refractivity contribution is 6.38. The predicted molar refractivity (Wildman–Crippen MR) is 240 cm³/mol. The molecule has 0 saturated carbocycles. The van der Waals surface area contributed by atoms with Crippen LogP contribution in [-0.4, -0.2) is 50.1 Å². The highest BCUT2D eigenvalue weighted by atomic mass is 16.5. The number of rotatable bonds is 30. The lowest BCUT2D eigenvalue weighted by Gasteiger charge is -2.27. The molecule has 0 radical (unpaired) electrons. The summed E-state index contributed by atoms with van der Waals surface area (Å²) >= 11 is 0. The van der Waals surface area contributed by atoms with Gasteiger partial charge in [-0.2, -0.15) is 0 Å². The maximum absolute atomic E-state index is 13.8. The van der Waals surface area contributed by atoms with Crippen LogP contribution in [0.2, 0.25) is 0 Å². The number of carbonyl (C=O) groups excluding carboxylic acids is 4. The lowest BCUT2D eigenvalue weighted by Crippen LogP contribution is -2.41. The van der Waals surface area contributed by atoms with Gasteiger partial charge < -0.3 is 14.4 Å². The van der Waals surface area contributed by atoms with E-state index in [1.54, 1.807) is 59.5 Å². The second-order valence-electron chi connectivity index (χ2n) is 15.7. The van der Waals surface area contributed by atoms with Gasteiger partial charge in [-0.15, -0.1) is 0 Å². The molecule has 3 aromatic carbocycles. The van der Waals surface area contributed by atoms with Gasteiger partial charge in [0.05, 0.1) is 24.6 Å². The van der Waals surface area contributed by atoms with Gasteiger partial charge in [0.15, 0.2) is 0 Å². The molecule has 1 aliphatic rings. The summed E-state index contributed by atoms with van der Waals surface area (Å²) in [4.78, 5) is 55.5. The van der Waals surface area contributed by atoms with Crippen molar-refractivity contribution < 1.29 is 28.7 Å². The van der Waals surface area contributed by atoms with Crippen molar-refractivity contribution in [2.45, 2.75) is 142 Å². The number of hydrogen-bond donors (Lipinski definition) is 0. The van der Waals surface area contributed by atoms with Gasteiger partial charge in [0, 0.05) is 5.69 Å². The zero-order valence-corrected chi connectivity index (χ0v) is 35.9. The zero-order valence-electron chi connectivity index (χ0n) is 35.9. The number of anilines is 3. The highest BCUT2D eigenvalue weighted by Gasteiger charge is 2.42. The Hall–Kier alpha value is -4.92. The molecule has 2 amide bonds. The van der Waals surface area contributed by atoms with Crippen LogP contribution in [0, 0.1) is 0 Å². The summed E-state index contributed by atoms with van der Waals surface area (Å²) in [6, 6.07) is 25.3. The average molecular weight is 808 g/mol. The summed E-state index contributed by atoms with van der Waals surface area (Å²) in [5.41, 5.74) is 2.42. The smallest absolute Gasteiger partial charge is 0.325 e. The molecular formula is C50H69N3O6. The Morgan fingerprint density at radius 1 is 0.492 bits per heavy atom. The molecule has 4 rings (SSSR count).